The Morgan fingerprint density at radius 3 is 2.63 bits per heavy atom. The van der Waals surface area contributed by atoms with Gasteiger partial charge in [-0.2, -0.15) is 0 Å². The maximum atomic E-state index is 6.57. The molecule has 0 bridgehead atoms. The van der Waals surface area contributed by atoms with Crippen molar-refractivity contribution in [3.63, 3.8) is 0 Å². The van der Waals surface area contributed by atoms with E-state index < -0.39 is 8.32 Å². The number of unbranched alkanes of at least 4 members (excludes halogenated alkanes) is 2. The molecule has 0 aromatic carbocycles. The molecule has 158 valence electrons. The van der Waals surface area contributed by atoms with Crippen LogP contribution in [0.3, 0.4) is 0 Å². The zero-order valence-electron chi connectivity index (χ0n) is 18.3. The molecule has 2 heterocycles. The van der Waals surface area contributed by atoms with E-state index in [1.807, 2.05) is 0 Å². The van der Waals surface area contributed by atoms with Crippen LogP contribution in [0.4, 0.5) is 0 Å². The molecule has 3 atom stereocenters. The molecule has 0 spiro atoms. The molecule has 3 nitrogen and oxygen atoms in total. The van der Waals surface area contributed by atoms with Crippen molar-refractivity contribution in [1.82, 2.24) is 4.90 Å². The van der Waals surface area contributed by atoms with Gasteiger partial charge in [0.25, 0.3) is 0 Å². The Morgan fingerprint density at radius 1 is 1.15 bits per heavy atom. The highest BCUT2D eigenvalue weighted by Crippen LogP contribution is 2.37. The van der Waals surface area contributed by atoms with E-state index in [1.54, 1.807) is 0 Å². The van der Waals surface area contributed by atoms with Gasteiger partial charge >= 0.3 is 0 Å². The van der Waals surface area contributed by atoms with E-state index in [9.17, 15) is 0 Å². The first-order chi connectivity index (χ1) is 12.7. The van der Waals surface area contributed by atoms with Crippen molar-refractivity contribution in [2.75, 3.05) is 19.7 Å². The topological polar surface area (TPSA) is 21.7 Å². The van der Waals surface area contributed by atoms with E-state index in [-0.39, 0.29) is 0 Å². The Bertz CT molecular complexity index is 464. The molecule has 2 fully saturated rings. The molecule has 2 aliphatic rings. The summed E-state index contributed by atoms with van der Waals surface area (Å²) in [6.45, 7) is 14.8. The van der Waals surface area contributed by atoms with Crippen LogP contribution in [0.5, 0.6) is 0 Å². The summed E-state index contributed by atoms with van der Waals surface area (Å²) in [6.07, 6.45) is 13.4. The van der Waals surface area contributed by atoms with E-state index in [0.717, 1.165) is 19.1 Å². The number of hydrogen-bond donors (Lipinski definition) is 0. The maximum Gasteiger partial charge on any atom is 0.191 e. The van der Waals surface area contributed by atoms with Crippen LogP contribution in [0, 0.1) is 5.92 Å². The zero-order chi connectivity index (χ0) is 19.9. The van der Waals surface area contributed by atoms with Gasteiger partial charge in [0.2, 0.25) is 0 Å². The number of piperidine rings is 1. The molecule has 0 aromatic rings. The van der Waals surface area contributed by atoms with E-state index in [1.165, 1.54) is 57.9 Å². The van der Waals surface area contributed by atoms with Gasteiger partial charge in [-0.05, 0) is 66.7 Å². The van der Waals surface area contributed by atoms with Crippen molar-refractivity contribution in [1.29, 1.82) is 0 Å². The van der Waals surface area contributed by atoms with Crippen LogP contribution < -0.4 is 0 Å². The van der Waals surface area contributed by atoms with Crippen LogP contribution in [-0.4, -0.2) is 45.2 Å². The first-order valence-electron chi connectivity index (χ1n) is 11.0. The zero-order valence-corrected chi connectivity index (χ0v) is 21.5. The second-order valence-corrected chi connectivity index (χ2v) is 15.5. The maximum absolute atomic E-state index is 6.57. The largest absolute Gasteiger partial charge is 0.417 e. The second kappa shape index (κ2) is 11.1. The average molecular weight is 508 g/mol. The molecule has 0 aliphatic carbocycles. The smallest absolute Gasteiger partial charge is 0.191 e. The highest BCUT2D eigenvalue weighted by molar-refractivity contribution is 14.1. The van der Waals surface area contributed by atoms with Crippen molar-refractivity contribution >= 4 is 30.9 Å². The number of rotatable bonds is 9. The summed E-state index contributed by atoms with van der Waals surface area (Å²) in [5, 5.41) is 0.317. The SMILES string of the molecule is CC(C)(C)[Si](C)(C)OCCCCC[C@@H]1CC[C@@H]2CCCN(C/C=C/I)[C@@H]2O1. The van der Waals surface area contributed by atoms with E-state index in [0.29, 0.717) is 17.4 Å². The molecule has 2 saturated heterocycles. The molecule has 0 amide bonds. The standard InChI is InChI=1S/C22H42INO2Si/c1-22(2,3)27(4,5)25-18-8-6-7-12-20-14-13-19-11-9-16-24(17-10-15-23)21(19)26-20/h10,15,19-21H,6-9,11-14,16-18H2,1-5H3/b15-10+/t19-,20+,21+/m0/s1. The summed E-state index contributed by atoms with van der Waals surface area (Å²) in [7, 11) is -1.57. The van der Waals surface area contributed by atoms with Gasteiger partial charge in [0.15, 0.2) is 8.32 Å². The summed E-state index contributed by atoms with van der Waals surface area (Å²) in [4.78, 5) is 2.56. The van der Waals surface area contributed by atoms with Crippen LogP contribution in [-0.2, 0) is 9.16 Å². The Morgan fingerprint density at radius 2 is 1.93 bits per heavy atom. The van der Waals surface area contributed by atoms with Gasteiger partial charge in [-0.25, -0.2) is 0 Å². The van der Waals surface area contributed by atoms with Crippen LogP contribution in [0.15, 0.2) is 10.2 Å². The molecular weight excluding hydrogens is 465 g/mol. The van der Waals surface area contributed by atoms with Gasteiger partial charge in [-0.3, -0.25) is 4.90 Å². The van der Waals surface area contributed by atoms with Gasteiger partial charge in [-0.1, -0.05) is 62.3 Å². The van der Waals surface area contributed by atoms with Gasteiger partial charge in [-0.15, -0.1) is 0 Å². The minimum Gasteiger partial charge on any atom is -0.417 e. The number of ether oxygens (including phenoxy) is 1. The molecule has 0 aromatic heterocycles. The molecule has 2 aliphatic heterocycles. The minimum absolute atomic E-state index is 0.317. The fourth-order valence-corrected chi connectivity index (χ4v) is 5.37. The van der Waals surface area contributed by atoms with Crippen molar-refractivity contribution in [3.8, 4) is 0 Å². The minimum atomic E-state index is -1.57. The van der Waals surface area contributed by atoms with E-state index >= 15 is 0 Å². The quantitative estimate of drug-likeness (QED) is 0.196. The Kier molecular flexibility index (Phi) is 9.80. The molecule has 27 heavy (non-hydrogen) atoms. The van der Waals surface area contributed by atoms with E-state index in [2.05, 4.69) is 71.5 Å². The third-order valence-electron chi connectivity index (χ3n) is 6.84. The third-order valence-corrected chi connectivity index (χ3v) is 11.9. The van der Waals surface area contributed by atoms with Crippen molar-refractivity contribution in [2.45, 2.75) is 103 Å². The highest BCUT2D eigenvalue weighted by Gasteiger charge is 2.38. The van der Waals surface area contributed by atoms with Gasteiger partial charge in [0.1, 0.15) is 6.23 Å². The molecule has 2 rings (SSSR count). The first kappa shape index (κ1) is 23.8. The summed E-state index contributed by atoms with van der Waals surface area (Å²) in [6, 6.07) is 0. The lowest BCUT2D eigenvalue weighted by atomic mass is 9.86. The van der Waals surface area contributed by atoms with Gasteiger partial charge in [0, 0.05) is 19.7 Å². The van der Waals surface area contributed by atoms with Crippen LogP contribution in [0.1, 0.15) is 72.1 Å². The number of hydrogen-bond acceptors (Lipinski definition) is 3. The molecule has 5 heteroatoms. The fourth-order valence-electron chi connectivity index (χ4n) is 4.05. The van der Waals surface area contributed by atoms with Crippen LogP contribution in [0.2, 0.25) is 18.1 Å². The summed E-state index contributed by atoms with van der Waals surface area (Å²) < 4.78 is 15.0. The Hall–Kier alpha value is 0.567. The van der Waals surface area contributed by atoms with Crippen molar-refractivity contribution in [3.05, 3.63) is 10.2 Å². The summed E-state index contributed by atoms with van der Waals surface area (Å²) in [5.41, 5.74) is 0. The number of likely N-dealkylation sites (tertiary alicyclic amines) is 1. The first-order valence-corrected chi connectivity index (χ1v) is 15.2. The number of halogens is 1. The molecule has 0 unspecified atom stereocenters. The summed E-state index contributed by atoms with van der Waals surface area (Å²) >= 11 is 2.32. The Labute approximate surface area is 182 Å². The number of nitrogens with zero attached hydrogens (tertiary/aromatic N) is 1. The predicted octanol–water partition coefficient (Wildman–Crippen LogP) is 6.73. The molecule has 0 saturated carbocycles. The lowest BCUT2D eigenvalue weighted by Gasteiger charge is -2.46. The lowest BCUT2D eigenvalue weighted by molar-refractivity contribution is -0.173. The summed E-state index contributed by atoms with van der Waals surface area (Å²) in [5.74, 6) is 0.760. The van der Waals surface area contributed by atoms with Gasteiger partial charge < -0.3 is 9.16 Å². The molecular formula is C22H42INO2Si. The average Bonchev–Trinajstić information content (AvgIpc) is 2.61. The monoisotopic (exact) mass is 507 g/mol. The van der Waals surface area contributed by atoms with E-state index in [4.69, 9.17) is 9.16 Å². The van der Waals surface area contributed by atoms with Crippen molar-refractivity contribution < 1.29 is 9.16 Å². The van der Waals surface area contributed by atoms with Crippen LogP contribution >= 0.6 is 22.6 Å². The van der Waals surface area contributed by atoms with Gasteiger partial charge in [0.05, 0.1) is 6.10 Å². The Balaban J connectivity index is 1.65. The second-order valence-electron chi connectivity index (χ2n) is 9.94. The highest BCUT2D eigenvalue weighted by atomic mass is 127. The fraction of sp³-hybridized carbons (Fsp3) is 0.909. The normalized spacial score (nSPS) is 27.9. The van der Waals surface area contributed by atoms with Crippen molar-refractivity contribution in [2.24, 2.45) is 5.92 Å². The third kappa shape index (κ3) is 7.39. The molecule has 0 radical (unpaired) electrons. The van der Waals surface area contributed by atoms with Crippen LogP contribution in [0.25, 0.3) is 0 Å². The molecule has 0 N–H and O–H groups in total. The lowest BCUT2D eigenvalue weighted by Crippen LogP contribution is -2.51. The predicted molar refractivity (Wildman–Crippen MR) is 127 cm³/mol. The number of fused-ring (bicyclic) bond motifs is 1.